The van der Waals surface area contributed by atoms with Crippen molar-refractivity contribution in [3.05, 3.63) is 53.7 Å². The standard InChI is InChI=1S/C17H21N3/c1-12-11-14-7-4-5-9-16(14)20(12)17-15(13(2)18-3)8-6-10-19-17/h4-10,12-13,18H,11H2,1-3H3. The number of benzene rings is 1. The maximum Gasteiger partial charge on any atom is 0.137 e. The zero-order valence-electron chi connectivity index (χ0n) is 12.3. The van der Waals surface area contributed by atoms with Crippen LogP contribution in [0.2, 0.25) is 0 Å². The quantitative estimate of drug-likeness (QED) is 0.923. The van der Waals surface area contributed by atoms with Crippen molar-refractivity contribution in [1.29, 1.82) is 0 Å². The molecule has 0 amide bonds. The molecule has 104 valence electrons. The van der Waals surface area contributed by atoms with E-state index in [1.807, 2.05) is 19.3 Å². The average Bonchev–Trinajstić information content (AvgIpc) is 2.82. The normalized spacial score (nSPS) is 18.9. The Bertz CT molecular complexity index is 609. The molecule has 20 heavy (non-hydrogen) atoms. The smallest absolute Gasteiger partial charge is 0.137 e. The second-order valence-electron chi connectivity index (χ2n) is 5.48. The number of pyridine rings is 1. The molecule has 0 radical (unpaired) electrons. The van der Waals surface area contributed by atoms with E-state index in [4.69, 9.17) is 0 Å². The molecule has 3 heteroatoms. The van der Waals surface area contributed by atoms with Gasteiger partial charge in [-0.3, -0.25) is 0 Å². The van der Waals surface area contributed by atoms with E-state index in [1.165, 1.54) is 16.8 Å². The number of nitrogens with one attached hydrogen (secondary N) is 1. The van der Waals surface area contributed by atoms with Crippen molar-refractivity contribution in [3.8, 4) is 0 Å². The first-order chi connectivity index (χ1) is 9.72. The van der Waals surface area contributed by atoms with E-state index in [1.54, 1.807) is 0 Å². The number of fused-ring (bicyclic) bond motifs is 1. The van der Waals surface area contributed by atoms with E-state index in [-0.39, 0.29) is 0 Å². The molecule has 2 atom stereocenters. The second kappa shape index (κ2) is 5.25. The van der Waals surface area contributed by atoms with E-state index in [0.717, 1.165) is 12.2 Å². The van der Waals surface area contributed by atoms with Crippen molar-refractivity contribution in [2.45, 2.75) is 32.4 Å². The van der Waals surface area contributed by atoms with Gasteiger partial charge in [-0.1, -0.05) is 24.3 Å². The number of nitrogens with zero attached hydrogens (tertiary/aromatic N) is 2. The Morgan fingerprint density at radius 2 is 2.05 bits per heavy atom. The van der Waals surface area contributed by atoms with Crippen LogP contribution in [-0.2, 0) is 6.42 Å². The zero-order chi connectivity index (χ0) is 14.1. The lowest BCUT2D eigenvalue weighted by atomic mass is 10.1. The lowest BCUT2D eigenvalue weighted by Gasteiger charge is -2.27. The molecule has 2 heterocycles. The molecular weight excluding hydrogens is 246 g/mol. The molecule has 2 aromatic rings. The molecule has 2 unspecified atom stereocenters. The molecule has 0 fully saturated rings. The summed E-state index contributed by atoms with van der Waals surface area (Å²) in [6.07, 6.45) is 2.97. The van der Waals surface area contributed by atoms with E-state index in [0.29, 0.717) is 12.1 Å². The second-order valence-corrected chi connectivity index (χ2v) is 5.48. The fraction of sp³-hybridized carbons (Fsp3) is 0.353. The summed E-state index contributed by atoms with van der Waals surface area (Å²) >= 11 is 0. The van der Waals surface area contributed by atoms with Gasteiger partial charge in [-0.15, -0.1) is 0 Å². The Hall–Kier alpha value is -1.87. The molecule has 3 rings (SSSR count). The lowest BCUT2D eigenvalue weighted by molar-refractivity contribution is 0.642. The molecule has 0 saturated carbocycles. The Morgan fingerprint density at radius 1 is 1.25 bits per heavy atom. The third kappa shape index (κ3) is 2.08. The van der Waals surface area contributed by atoms with Gasteiger partial charge in [-0.2, -0.15) is 0 Å². The summed E-state index contributed by atoms with van der Waals surface area (Å²) in [7, 11) is 1.99. The SMILES string of the molecule is CNC(C)c1cccnc1N1c2ccccc2CC1C. The largest absolute Gasteiger partial charge is 0.323 e. The van der Waals surface area contributed by atoms with Crippen LogP contribution < -0.4 is 10.2 Å². The minimum Gasteiger partial charge on any atom is -0.323 e. The van der Waals surface area contributed by atoms with E-state index >= 15 is 0 Å². The van der Waals surface area contributed by atoms with Crippen LogP contribution in [0.1, 0.15) is 31.0 Å². The summed E-state index contributed by atoms with van der Waals surface area (Å²) in [6, 6.07) is 13.6. The van der Waals surface area contributed by atoms with Crippen molar-refractivity contribution in [3.63, 3.8) is 0 Å². The van der Waals surface area contributed by atoms with Crippen molar-refractivity contribution in [2.75, 3.05) is 11.9 Å². The van der Waals surface area contributed by atoms with Crippen molar-refractivity contribution in [1.82, 2.24) is 10.3 Å². The molecular formula is C17H21N3. The first kappa shape index (κ1) is 13.1. The van der Waals surface area contributed by atoms with Gasteiger partial charge in [0.1, 0.15) is 5.82 Å². The molecule has 0 spiro atoms. The van der Waals surface area contributed by atoms with Gasteiger partial charge >= 0.3 is 0 Å². The van der Waals surface area contributed by atoms with Crippen molar-refractivity contribution < 1.29 is 0 Å². The lowest BCUT2D eigenvalue weighted by Crippen LogP contribution is -2.27. The number of para-hydroxylation sites is 1. The van der Waals surface area contributed by atoms with E-state index < -0.39 is 0 Å². The fourth-order valence-corrected chi connectivity index (χ4v) is 2.99. The number of hydrogen-bond acceptors (Lipinski definition) is 3. The van der Waals surface area contributed by atoms with Gasteiger partial charge in [-0.25, -0.2) is 4.98 Å². The van der Waals surface area contributed by atoms with E-state index in [9.17, 15) is 0 Å². The average molecular weight is 267 g/mol. The predicted octanol–water partition coefficient (Wildman–Crippen LogP) is 3.44. The number of anilines is 2. The molecule has 1 N–H and O–H groups in total. The highest BCUT2D eigenvalue weighted by atomic mass is 15.2. The van der Waals surface area contributed by atoms with Gasteiger partial charge in [0.2, 0.25) is 0 Å². The molecule has 1 aromatic heterocycles. The molecule has 1 aromatic carbocycles. The maximum atomic E-state index is 4.66. The first-order valence-corrected chi connectivity index (χ1v) is 7.21. The maximum absolute atomic E-state index is 4.66. The Balaban J connectivity index is 2.10. The third-order valence-electron chi connectivity index (χ3n) is 4.15. The van der Waals surface area contributed by atoms with Crippen LogP contribution in [0.3, 0.4) is 0 Å². The van der Waals surface area contributed by atoms with Crippen LogP contribution in [-0.4, -0.2) is 18.1 Å². The molecule has 1 aliphatic rings. The Kier molecular flexibility index (Phi) is 3.45. The Morgan fingerprint density at radius 3 is 2.85 bits per heavy atom. The van der Waals surface area contributed by atoms with Crippen LogP contribution in [0, 0.1) is 0 Å². The summed E-state index contributed by atoms with van der Waals surface area (Å²) < 4.78 is 0. The summed E-state index contributed by atoms with van der Waals surface area (Å²) in [5.41, 5.74) is 3.95. The van der Waals surface area contributed by atoms with Crippen LogP contribution in [0.4, 0.5) is 11.5 Å². The highest BCUT2D eigenvalue weighted by Gasteiger charge is 2.29. The molecule has 3 nitrogen and oxygen atoms in total. The first-order valence-electron chi connectivity index (χ1n) is 7.21. The summed E-state index contributed by atoms with van der Waals surface area (Å²) in [6.45, 7) is 4.44. The Labute approximate surface area is 120 Å². The molecule has 0 aliphatic carbocycles. The molecule has 0 saturated heterocycles. The van der Waals surface area contributed by atoms with Crippen LogP contribution in [0.15, 0.2) is 42.6 Å². The minimum absolute atomic E-state index is 0.290. The predicted molar refractivity (Wildman–Crippen MR) is 83.5 cm³/mol. The summed E-state index contributed by atoms with van der Waals surface area (Å²) in [5.74, 6) is 1.08. The summed E-state index contributed by atoms with van der Waals surface area (Å²) in [5, 5.41) is 3.32. The fourth-order valence-electron chi connectivity index (χ4n) is 2.99. The minimum atomic E-state index is 0.290. The third-order valence-corrected chi connectivity index (χ3v) is 4.15. The van der Waals surface area contributed by atoms with Crippen molar-refractivity contribution >= 4 is 11.5 Å². The summed E-state index contributed by atoms with van der Waals surface area (Å²) in [4.78, 5) is 7.04. The van der Waals surface area contributed by atoms with Gasteiger partial charge in [0.05, 0.1) is 0 Å². The van der Waals surface area contributed by atoms with Crippen LogP contribution in [0.25, 0.3) is 0 Å². The van der Waals surface area contributed by atoms with Crippen LogP contribution in [0.5, 0.6) is 0 Å². The molecule has 0 bridgehead atoms. The highest BCUT2D eigenvalue weighted by Crippen LogP contribution is 2.39. The van der Waals surface area contributed by atoms with Crippen molar-refractivity contribution in [2.24, 2.45) is 0 Å². The van der Waals surface area contributed by atoms with Gasteiger partial charge < -0.3 is 10.2 Å². The van der Waals surface area contributed by atoms with Gasteiger partial charge in [0, 0.05) is 29.5 Å². The topological polar surface area (TPSA) is 28.2 Å². The monoisotopic (exact) mass is 267 g/mol. The molecule has 1 aliphatic heterocycles. The zero-order valence-corrected chi connectivity index (χ0v) is 12.3. The van der Waals surface area contributed by atoms with Gasteiger partial charge in [0.25, 0.3) is 0 Å². The number of aromatic nitrogens is 1. The number of rotatable bonds is 3. The van der Waals surface area contributed by atoms with Crippen LogP contribution >= 0.6 is 0 Å². The van der Waals surface area contributed by atoms with E-state index in [2.05, 4.69) is 59.4 Å². The highest BCUT2D eigenvalue weighted by molar-refractivity contribution is 5.70. The van der Waals surface area contributed by atoms with Gasteiger partial charge in [-0.05, 0) is 45.0 Å². The number of hydrogen-bond donors (Lipinski definition) is 1. The van der Waals surface area contributed by atoms with Gasteiger partial charge in [0.15, 0.2) is 0 Å².